The number of pyridine rings is 1. The molecule has 1 N–H and O–H groups in total. The quantitative estimate of drug-likeness (QED) is 0.852. The molecule has 0 amide bonds. The third-order valence-corrected chi connectivity index (χ3v) is 2.94. The highest BCUT2D eigenvalue weighted by molar-refractivity contribution is 5.25. The molecule has 0 radical (unpaired) electrons. The molecule has 17 heavy (non-hydrogen) atoms. The van der Waals surface area contributed by atoms with Gasteiger partial charge in [0, 0.05) is 24.8 Å². The standard InChI is InChI=1S/C13H19NO3/c1-2-16-12-6-10(8-14-9-12)13(15)7-11-4-3-5-17-11/h6,8-9,11,13,15H,2-5,7H2,1H3. The number of aromatic nitrogens is 1. The van der Waals surface area contributed by atoms with Crippen LogP contribution in [0.4, 0.5) is 0 Å². The third-order valence-electron chi connectivity index (χ3n) is 2.94. The molecule has 2 unspecified atom stereocenters. The molecule has 2 atom stereocenters. The van der Waals surface area contributed by atoms with Crippen LogP contribution in [0, 0.1) is 0 Å². The minimum absolute atomic E-state index is 0.181. The zero-order valence-corrected chi connectivity index (χ0v) is 10.1. The van der Waals surface area contributed by atoms with Crippen LogP contribution >= 0.6 is 0 Å². The van der Waals surface area contributed by atoms with E-state index in [9.17, 15) is 5.11 Å². The molecule has 0 saturated carbocycles. The summed E-state index contributed by atoms with van der Waals surface area (Å²) in [4.78, 5) is 4.07. The van der Waals surface area contributed by atoms with Crippen molar-refractivity contribution in [1.29, 1.82) is 0 Å². The second kappa shape index (κ2) is 5.98. The molecular formula is C13H19NO3. The minimum Gasteiger partial charge on any atom is -0.492 e. The molecule has 1 fully saturated rings. The largest absolute Gasteiger partial charge is 0.492 e. The normalized spacial score (nSPS) is 21.4. The monoisotopic (exact) mass is 237 g/mol. The summed E-state index contributed by atoms with van der Waals surface area (Å²) in [7, 11) is 0. The van der Waals surface area contributed by atoms with E-state index in [0.29, 0.717) is 18.8 Å². The zero-order chi connectivity index (χ0) is 12.1. The summed E-state index contributed by atoms with van der Waals surface area (Å²) in [6, 6.07) is 1.84. The topological polar surface area (TPSA) is 51.6 Å². The summed E-state index contributed by atoms with van der Waals surface area (Å²) >= 11 is 0. The lowest BCUT2D eigenvalue weighted by Crippen LogP contribution is -2.11. The molecule has 1 aromatic heterocycles. The van der Waals surface area contributed by atoms with Crippen molar-refractivity contribution in [3.63, 3.8) is 0 Å². The predicted octanol–water partition coefficient (Wildman–Crippen LogP) is 2.08. The van der Waals surface area contributed by atoms with E-state index in [1.165, 1.54) is 0 Å². The fraction of sp³-hybridized carbons (Fsp3) is 0.615. The maximum absolute atomic E-state index is 10.1. The Labute approximate surface area is 102 Å². The summed E-state index contributed by atoms with van der Waals surface area (Å²) in [6.07, 6.45) is 5.77. The van der Waals surface area contributed by atoms with Crippen LogP contribution in [-0.4, -0.2) is 29.4 Å². The number of rotatable bonds is 5. The zero-order valence-electron chi connectivity index (χ0n) is 10.1. The van der Waals surface area contributed by atoms with Crippen molar-refractivity contribution < 1.29 is 14.6 Å². The first-order chi connectivity index (χ1) is 8.29. The van der Waals surface area contributed by atoms with Gasteiger partial charge in [-0.05, 0) is 25.8 Å². The molecule has 4 nitrogen and oxygen atoms in total. The minimum atomic E-state index is -0.522. The molecular weight excluding hydrogens is 218 g/mol. The number of nitrogens with zero attached hydrogens (tertiary/aromatic N) is 1. The van der Waals surface area contributed by atoms with Gasteiger partial charge in [0.05, 0.1) is 25.0 Å². The molecule has 4 heteroatoms. The van der Waals surface area contributed by atoms with E-state index in [4.69, 9.17) is 9.47 Å². The smallest absolute Gasteiger partial charge is 0.137 e. The highest BCUT2D eigenvalue weighted by atomic mass is 16.5. The summed E-state index contributed by atoms with van der Waals surface area (Å²) in [5.41, 5.74) is 0.798. The average Bonchev–Trinajstić information content (AvgIpc) is 2.83. The summed E-state index contributed by atoms with van der Waals surface area (Å²) in [5.74, 6) is 0.705. The van der Waals surface area contributed by atoms with E-state index in [0.717, 1.165) is 25.0 Å². The van der Waals surface area contributed by atoms with Crippen LogP contribution in [0.15, 0.2) is 18.5 Å². The fourth-order valence-electron chi connectivity index (χ4n) is 2.08. The lowest BCUT2D eigenvalue weighted by Gasteiger charge is -2.15. The van der Waals surface area contributed by atoms with E-state index in [2.05, 4.69) is 4.98 Å². The lowest BCUT2D eigenvalue weighted by molar-refractivity contribution is 0.0533. The Morgan fingerprint density at radius 3 is 3.18 bits per heavy atom. The van der Waals surface area contributed by atoms with Gasteiger partial charge in [0.1, 0.15) is 5.75 Å². The van der Waals surface area contributed by atoms with Gasteiger partial charge < -0.3 is 14.6 Å². The fourth-order valence-corrected chi connectivity index (χ4v) is 2.08. The van der Waals surface area contributed by atoms with Crippen LogP contribution in [0.2, 0.25) is 0 Å². The van der Waals surface area contributed by atoms with Crippen molar-refractivity contribution in [2.75, 3.05) is 13.2 Å². The molecule has 2 rings (SSSR count). The van der Waals surface area contributed by atoms with Gasteiger partial charge in [-0.25, -0.2) is 0 Å². The molecule has 1 aromatic rings. The Kier molecular flexibility index (Phi) is 4.34. The molecule has 1 aliphatic rings. The molecule has 0 aromatic carbocycles. The number of aliphatic hydroxyl groups excluding tert-OH is 1. The van der Waals surface area contributed by atoms with Crippen molar-refractivity contribution in [2.45, 2.75) is 38.4 Å². The maximum Gasteiger partial charge on any atom is 0.137 e. The first-order valence-corrected chi connectivity index (χ1v) is 6.17. The predicted molar refractivity (Wildman–Crippen MR) is 64.0 cm³/mol. The van der Waals surface area contributed by atoms with Crippen LogP contribution in [-0.2, 0) is 4.74 Å². The van der Waals surface area contributed by atoms with Crippen molar-refractivity contribution >= 4 is 0 Å². The Morgan fingerprint density at radius 2 is 2.47 bits per heavy atom. The van der Waals surface area contributed by atoms with Crippen LogP contribution in [0.3, 0.4) is 0 Å². The van der Waals surface area contributed by atoms with Gasteiger partial charge in [-0.1, -0.05) is 0 Å². The first-order valence-electron chi connectivity index (χ1n) is 6.17. The molecule has 2 heterocycles. The average molecular weight is 237 g/mol. The van der Waals surface area contributed by atoms with Crippen LogP contribution in [0.1, 0.15) is 37.9 Å². The van der Waals surface area contributed by atoms with Gasteiger partial charge in [-0.2, -0.15) is 0 Å². The van der Waals surface area contributed by atoms with Crippen molar-refractivity contribution in [3.8, 4) is 5.75 Å². The number of hydrogen-bond donors (Lipinski definition) is 1. The third kappa shape index (κ3) is 3.41. The summed E-state index contributed by atoms with van der Waals surface area (Å²) in [6.45, 7) is 3.34. The SMILES string of the molecule is CCOc1cncc(C(O)CC2CCCO2)c1. The van der Waals surface area contributed by atoms with Crippen molar-refractivity contribution in [3.05, 3.63) is 24.0 Å². The second-order valence-electron chi connectivity index (χ2n) is 4.27. The van der Waals surface area contributed by atoms with Crippen molar-refractivity contribution in [1.82, 2.24) is 4.98 Å². The lowest BCUT2D eigenvalue weighted by atomic mass is 10.0. The molecule has 0 spiro atoms. The van der Waals surface area contributed by atoms with E-state index in [1.54, 1.807) is 12.4 Å². The van der Waals surface area contributed by atoms with Crippen LogP contribution < -0.4 is 4.74 Å². The van der Waals surface area contributed by atoms with Gasteiger partial charge in [0.15, 0.2) is 0 Å². The molecule has 0 bridgehead atoms. The van der Waals surface area contributed by atoms with E-state index >= 15 is 0 Å². The Hall–Kier alpha value is -1.13. The Morgan fingerprint density at radius 1 is 1.59 bits per heavy atom. The van der Waals surface area contributed by atoms with E-state index in [1.807, 2.05) is 13.0 Å². The van der Waals surface area contributed by atoms with Crippen LogP contribution in [0.5, 0.6) is 5.75 Å². The van der Waals surface area contributed by atoms with E-state index < -0.39 is 6.10 Å². The Bertz CT molecular complexity index is 350. The first kappa shape index (κ1) is 12.3. The second-order valence-corrected chi connectivity index (χ2v) is 4.27. The van der Waals surface area contributed by atoms with Gasteiger partial charge in [-0.3, -0.25) is 4.98 Å². The van der Waals surface area contributed by atoms with Crippen molar-refractivity contribution in [2.24, 2.45) is 0 Å². The summed E-state index contributed by atoms with van der Waals surface area (Å²) in [5, 5.41) is 10.1. The maximum atomic E-state index is 10.1. The van der Waals surface area contributed by atoms with Gasteiger partial charge in [-0.15, -0.1) is 0 Å². The summed E-state index contributed by atoms with van der Waals surface area (Å²) < 4.78 is 10.9. The Balaban J connectivity index is 1.97. The number of aliphatic hydroxyl groups is 1. The molecule has 0 aliphatic carbocycles. The molecule has 1 aliphatic heterocycles. The highest BCUT2D eigenvalue weighted by Gasteiger charge is 2.20. The number of ether oxygens (including phenoxy) is 2. The van der Waals surface area contributed by atoms with Gasteiger partial charge >= 0.3 is 0 Å². The van der Waals surface area contributed by atoms with E-state index in [-0.39, 0.29) is 6.10 Å². The van der Waals surface area contributed by atoms with Gasteiger partial charge in [0.2, 0.25) is 0 Å². The molecule has 94 valence electrons. The van der Waals surface area contributed by atoms with Gasteiger partial charge in [0.25, 0.3) is 0 Å². The highest BCUT2D eigenvalue weighted by Crippen LogP contribution is 2.26. The molecule has 1 saturated heterocycles. The van der Waals surface area contributed by atoms with Crippen LogP contribution in [0.25, 0.3) is 0 Å². The number of hydrogen-bond acceptors (Lipinski definition) is 4.